The molecular formula is C20H24ClNO. The first-order valence-electron chi connectivity index (χ1n) is 8.28. The van der Waals surface area contributed by atoms with Crippen LogP contribution in [0.1, 0.15) is 42.0 Å². The van der Waals surface area contributed by atoms with E-state index in [1.165, 1.54) is 36.0 Å². The number of phenols is 1. The van der Waals surface area contributed by atoms with Gasteiger partial charge in [-0.2, -0.15) is 0 Å². The van der Waals surface area contributed by atoms with Crippen LogP contribution in [0.25, 0.3) is 0 Å². The molecule has 4 rings (SSSR count). The lowest BCUT2D eigenvalue weighted by Gasteiger charge is -2.53. The fourth-order valence-electron chi connectivity index (χ4n) is 4.50. The summed E-state index contributed by atoms with van der Waals surface area (Å²) < 4.78 is 0. The molecule has 2 aliphatic rings. The third kappa shape index (κ3) is 2.54. The lowest BCUT2D eigenvalue weighted by atomic mass is 9.57. The van der Waals surface area contributed by atoms with Gasteiger partial charge in [0.05, 0.1) is 0 Å². The van der Waals surface area contributed by atoms with Crippen molar-refractivity contribution in [1.29, 1.82) is 0 Å². The van der Waals surface area contributed by atoms with Crippen molar-refractivity contribution >= 4 is 12.4 Å². The number of rotatable bonds is 2. The minimum absolute atomic E-state index is 0. The fraction of sp³-hybridized carbons (Fsp3) is 0.400. The Balaban J connectivity index is 0.00000156. The molecule has 1 atom stereocenters. The Kier molecular flexibility index (Phi) is 4.39. The van der Waals surface area contributed by atoms with Crippen molar-refractivity contribution in [2.24, 2.45) is 0 Å². The molecule has 1 aliphatic heterocycles. The van der Waals surface area contributed by atoms with E-state index in [9.17, 15) is 5.11 Å². The van der Waals surface area contributed by atoms with Crippen LogP contribution in [-0.2, 0) is 11.8 Å². The second-order valence-corrected chi connectivity index (χ2v) is 6.89. The third-order valence-electron chi connectivity index (χ3n) is 5.72. The van der Waals surface area contributed by atoms with E-state index in [0.29, 0.717) is 11.8 Å². The van der Waals surface area contributed by atoms with Crippen molar-refractivity contribution in [2.75, 3.05) is 13.6 Å². The van der Waals surface area contributed by atoms with Gasteiger partial charge in [-0.1, -0.05) is 42.8 Å². The van der Waals surface area contributed by atoms with E-state index >= 15 is 0 Å². The molecule has 0 radical (unpaired) electrons. The van der Waals surface area contributed by atoms with Gasteiger partial charge in [0.15, 0.2) is 0 Å². The molecule has 0 bridgehead atoms. The topological polar surface area (TPSA) is 23.5 Å². The number of hydrogen-bond donors (Lipinski definition) is 1. The molecule has 122 valence electrons. The van der Waals surface area contributed by atoms with Crippen LogP contribution >= 0.6 is 12.4 Å². The summed E-state index contributed by atoms with van der Waals surface area (Å²) in [5.41, 5.74) is 4.40. The van der Waals surface area contributed by atoms with Gasteiger partial charge in [0.25, 0.3) is 0 Å². The van der Waals surface area contributed by atoms with Crippen LogP contribution in [0.15, 0.2) is 48.5 Å². The van der Waals surface area contributed by atoms with Gasteiger partial charge in [-0.3, -0.25) is 4.90 Å². The maximum atomic E-state index is 10.0. The van der Waals surface area contributed by atoms with Crippen LogP contribution in [0, 0.1) is 0 Å². The zero-order chi connectivity index (χ0) is 15.2. The van der Waals surface area contributed by atoms with Crippen LogP contribution in [0.3, 0.4) is 0 Å². The maximum absolute atomic E-state index is 10.0. The van der Waals surface area contributed by atoms with Crippen LogP contribution in [0.2, 0.25) is 0 Å². The van der Waals surface area contributed by atoms with Crippen molar-refractivity contribution in [3.63, 3.8) is 0 Å². The summed E-state index contributed by atoms with van der Waals surface area (Å²) in [6.07, 6.45) is 4.85. The van der Waals surface area contributed by atoms with Gasteiger partial charge in [-0.15, -0.1) is 12.4 Å². The summed E-state index contributed by atoms with van der Waals surface area (Å²) in [6.45, 7) is 1.09. The molecule has 1 saturated carbocycles. The minimum Gasteiger partial charge on any atom is -0.508 e. The molecule has 2 aromatic rings. The third-order valence-corrected chi connectivity index (χ3v) is 5.72. The highest BCUT2D eigenvalue weighted by Crippen LogP contribution is 2.55. The molecule has 0 amide bonds. The molecule has 1 N–H and O–H groups in total. The van der Waals surface area contributed by atoms with Gasteiger partial charge >= 0.3 is 0 Å². The number of phenolic OH excluding ortho intramolecular Hbond substituents is 1. The fourth-order valence-corrected chi connectivity index (χ4v) is 4.50. The predicted molar refractivity (Wildman–Crippen MR) is 96.4 cm³/mol. The minimum atomic E-state index is 0. The van der Waals surface area contributed by atoms with Crippen LogP contribution < -0.4 is 0 Å². The molecule has 0 saturated heterocycles. The number of fused-ring (bicyclic) bond motifs is 1. The van der Waals surface area contributed by atoms with Crippen molar-refractivity contribution in [2.45, 2.75) is 37.1 Å². The van der Waals surface area contributed by atoms with Gasteiger partial charge < -0.3 is 5.11 Å². The zero-order valence-corrected chi connectivity index (χ0v) is 14.4. The number of nitrogens with zero attached hydrogens (tertiary/aromatic N) is 1. The molecule has 1 aliphatic carbocycles. The molecule has 3 heteroatoms. The molecular weight excluding hydrogens is 306 g/mol. The smallest absolute Gasteiger partial charge is 0.115 e. The summed E-state index contributed by atoms with van der Waals surface area (Å²) >= 11 is 0. The summed E-state index contributed by atoms with van der Waals surface area (Å²) in [5, 5.41) is 10.0. The predicted octanol–water partition coefficient (Wildman–Crippen LogP) is 4.46. The molecule has 0 aromatic heterocycles. The van der Waals surface area contributed by atoms with Crippen LogP contribution in [0.4, 0.5) is 0 Å². The number of benzene rings is 2. The lowest BCUT2D eigenvalue weighted by Crippen LogP contribution is -2.49. The van der Waals surface area contributed by atoms with Crippen LogP contribution in [-0.4, -0.2) is 23.6 Å². The summed E-state index contributed by atoms with van der Waals surface area (Å²) in [7, 11) is 2.24. The molecule has 2 nitrogen and oxygen atoms in total. The Bertz CT molecular complexity index is 681. The first-order chi connectivity index (χ1) is 10.7. The lowest BCUT2D eigenvalue weighted by molar-refractivity contribution is 0.0716. The Hall–Kier alpha value is -1.51. The number of likely N-dealkylation sites (N-methyl/N-ethyl adjacent to an activating group) is 1. The molecule has 2 aromatic carbocycles. The van der Waals surface area contributed by atoms with Crippen molar-refractivity contribution < 1.29 is 5.11 Å². The van der Waals surface area contributed by atoms with E-state index < -0.39 is 0 Å². The van der Waals surface area contributed by atoms with Crippen molar-refractivity contribution in [1.82, 2.24) is 4.90 Å². The van der Waals surface area contributed by atoms with Gasteiger partial charge in [0.1, 0.15) is 5.75 Å². The standard InChI is InChI=1S/C20H23NO.ClH/c1-21-13-10-15-8-9-17(22)14-18(15)19(21)20(11-5-12-20)16-6-3-2-4-7-16;/h2-4,6-9,14,19,22H,5,10-13H2,1H3;1H. The van der Waals surface area contributed by atoms with E-state index in [4.69, 9.17) is 0 Å². The van der Waals surface area contributed by atoms with Gasteiger partial charge in [-0.05, 0) is 55.1 Å². The second-order valence-electron chi connectivity index (χ2n) is 6.89. The van der Waals surface area contributed by atoms with Crippen LogP contribution in [0.5, 0.6) is 5.75 Å². The van der Waals surface area contributed by atoms with E-state index in [2.05, 4.69) is 48.3 Å². The summed E-state index contributed by atoms with van der Waals surface area (Å²) in [6, 6.07) is 17.3. The molecule has 0 spiro atoms. The molecule has 1 fully saturated rings. The first-order valence-corrected chi connectivity index (χ1v) is 8.28. The molecule has 23 heavy (non-hydrogen) atoms. The van der Waals surface area contributed by atoms with Gasteiger partial charge in [-0.25, -0.2) is 0 Å². The first kappa shape index (κ1) is 16.4. The Morgan fingerprint density at radius 3 is 2.48 bits per heavy atom. The quantitative estimate of drug-likeness (QED) is 0.879. The highest BCUT2D eigenvalue weighted by molar-refractivity contribution is 5.85. The zero-order valence-electron chi connectivity index (χ0n) is 13.5. The highest BCUT2D eigenvalue weighted by atomic mass is 35.5. The monoisotopic (exact) mass is 329 g/mol. The average molecular weight is 330 g/mol. The number of hydrogen-bond acceptors (Lipinski definition) is 2. The Morgan fingerprint density at radius 1 is 1.09 bits per heavy atom. The number of halogens is 1. The number of aromatic hydroxyl groups is 1. The Labute approximate surface area is 144 Å². The van der Waals surface area contributed by atoms with Gasteiger partial charge in [0.2, 0.25) is 0 Å². The SMILES string of the molecule is CN1CCc2ccc(O)cc2C1C1(c2ccccc2)CCC1.Cl. The van der Waals surface area contributed by atoms with E-state index in [1.54, 1.807) is 0 Å². The summed E-state index contributed by atoms with van der Waals surface area (Å²) in [5.74, 6) is 0.390. The molecule has 1 heterocycles. The van der Waals surface area contributed by atoms with E-state index in [-0.39, 0.29) is 17.8 Å². The molecule has 1 unspecified atom stereocenters. The normalized spacial score (nSPS) is 22.6. The largest absolute Gasteiger partial charge is 0.508 e. The average Bonchev–Trinajstić information content (AvgIpc) is 2.49. The van der Waals surface area contributed by atoms with Crippen molar-refractivity contribution in [3.05, 3.63) is 65.2 Å². The second kappa shape index (κ2) is 6.18. The van der Waals surface area contributed by atoms with Crippen molar-refractivity contribution in [3.8, 4) is 5.75 Å². The maximum Gasteiger partial charge on any atom is 0.115 e. The Morgan fingerprint density at radius 2 is 1.83 bits per heavy atom. The summed E-state index contributed by atoms with van der Waals surface area (Å²) in [4.78, 5) is 2.49. The highest BCUT2D eigenvalue weighted by Gasteiger charge is 2.49. The van der Waals surface area contributed by atoms with Gasteiger partial charge in [0, 0.05) is 18.0 Å². The van der Waals surface area contributed by atoms with E-state index in [1.807, 2.05) is 12.1 Å². The van der Waals surface area contributed by atoms with E-state index in [0.717, 1.165) is 13.0 Å².